The summed E-state index contributed by atoms with van der Waals surface area (Å²) in [6, 6.07) is 36.5. The number of ether oxygens (including phenoxy) is 1. The van der Waals surface area contributed by atoms with Crippen LogP contribution < -0.4 is 10.2 Å². The van der Waals surface area contributed by atoms with E-state index in [2.05, 4.69) is 22.6 Å². The fraction of sp³-hybridized carbons (Fsp3) is 0.0571. The normalized spacial score (nSPS) is 11.4. The standard InChI is InChI=1S/C35H24N2O4/c1-41-29-17-13-24(14-18-29)33-31(23-11-15-28(16-12-23)37(39)40)32-34-26(20-25-9-5-6-10-30(25)36(33)34)21-27(35(32)38)19-22-7-3-2-4-8-22/h2-18,20-21H,19H2,1H3. The number of hydrogen-bond donors (Lipinski definition) is 0. The summed E-state index contributed by atoms with van der Waals surface area (Å²) in [7, 11) is 1.63. The van der Waals surface area contributed by atoms with Crippen molar-refractivity contribution < 1.29 is 9.66 Å². The Bertz CT molecular complexity index is 2130. The number of fused-ring (bicyclic) bond motifs is 2. The van der Waals surface area contributed by atoms with Crippen molar-refractivity contribution in [1.29, 1.82) is 0 Å². The predicted molar refractivity (Wildman–Crippen MR) is 163 cm³/mol. The van der Waals surface area contributed by atoms with E-state index in [1.807, 2.05) is 72.8 Å². The second kappa shape index (κ2) is 9.61. The van der Waals surface area contributed by atoms with Gasteiger partial charge in [-0.05, 0) is 76.7 Å². The SMILES string of the molecule is COc1ccc(-c2c(-c3ccc([N+](=O)[O-])cc3)c3c(=O)c(Cc4ccccc4)cc4cc5ccccc5n2c43)cc1. The molecule has 6 nitrogen and oxygen atoms in total. The van der Waals surface area contributed by atoms with Gasteiger partial charge in [-0.25, -0.2) is 0 Å². The first-order valence-electron chi connectivity index (χ1n) is 13.3. The first-order chi connectivity index (χ1) is 20.0. The largest absolute Gasteiger partial charge is 0.497 e. The Balaban J connectivity index is 1.66. The smallest absolute Gasteiger partial charge is 0.269 e. The molecule has 0 saturated heterocycles. The van der Waals surface area contributed by atoms with Gasteiger partial charge in [-0.2, -0.15) is 0 Å². The average molecular weight is 537 g/mol. The number of rotatable bonds is 6. The summed E-state index contributed by atoms with van der Waals surface area (Å²) in [4.78, 5) is 25.5. The summed E-state index contributed by atoms with van der Waals surface area (Å²) in [6.45, 7) is 0. The number of methoxy groups -OCH3 is 1. The van der Waals surface area contributed by atoms with Gasteiger partial charge in [0.05, 0.1) is 34.1 Å². The number of pyridine rings is 1. The van der Waals surface area contributed by atoms with Gasteiger partial charge in [-0.1, -0.05) is 48.5 Å². The molecule has 0 unspecified atom stereocenters. The first-order valence-corrected chi connectivity index (χ1v) is 13.3. The summed E-state index contributed by atoms with van der Waals surface area (Å²) >= 11 is 0. The summed E-state index contributed by atoms with van der Waals surface area (Å²) in [5, 5.41) is 14.1. The Morgan fingerprint density at radius 2 is 1.46 bits per heavy atom. The molecule has 0 saturated carbocycles. The lowest BCUT2D eigenvalue weighted by atomic mass is 9.94. The third-order valence-corrected chi connectivity index (χ3v) is 7.75. The second-order valence-electron chi connectivity index (χ2n) is 10.1. The molecule has 41 heavy (non-hydrogen) atoms. The molecule has 0 radical (unpaired) electrons. The van der Waals surface area contributed by atoms with Crippen LogP contribution in [0, 0.1) is 10.1 Å². The molecule has 0 aliphatic heterocycles. The molecular formula is C35H24N2O4. The number of hydrogen-bond acceptors (Lipinski definition) is 4. The minimum atomic E-state index is -0.411. The number of nitrogens with zero attached hydrogens (tertiary/aromatic N) is 2. The van der Waals surface area contributed by atoms with Gasteiger partial charge in [0.2, 0.25) is 0 Å². The van der Waals surface area contributed by atoms with E-state index in [1.54, 1.807) is 19.2 Å². The zero-order valence-electron chi connectivity index (χ0n) is 22.2. The van der Waals surface area contributed by atoms with Gasteiger partial charge in [0.15, 0.2) is 5.43 Å². The Kier molecular flexibility index (Phi) is 5.75. The predicted octanol–water partition coefficient (Wildman–Crippen LogP) is 7.89. The molecule has 7 aromatic rings. The lowest BCUT2D eigenvalue weighted by molar-refractivity contribution is -0.384. The minimum absolute atomic E-state index is 0.000663. The van der Waals surface area contributed by atoms with E-state index in [9.17, 15) is 14.9 Å². The van der Waals surface area contributed by atoms with Gasteiger partial charge in [0.25, 0.3) is 5.69 Å². The fourth-order valence-electron chi connectivity index (χ4n) is 5.88. The van der Waals surface area contributed by atoms with Gasteiger partial charge in [0, 0.05) is 35.1 Å². The molecule has 0 spiro atoms. The number of benzene rings is 5. The van der Waals surface area contributed by atoms with Crippen molar-refractivity contribution in [2.45, 2.75) is 6.42 Å². The maximum absolute atomic E-state index is 14.4. The van der Waals surface area contributed by atoms with Crippen LogP contribution in [-0.4, -0.2) is 16.4 Å². The number of nitro benzene ring substituents is 1. The highest BCUT2D eigenvalue weighted by Gasteiger charge is 2.25. The maximum Gasteiger partial charge on any atom is 0.269 e. The average Bonchev–Trinajstić information content (AvgIpc) is 3.37. The van der Waals surface area contributed by atoms with Gasteiger partial charge in [-0.3, -0.25) is 14.9 Å². The molecule has 0 bridgehead atoms. The number of para-hydroxylation sites is 1. The van der Waals surface area contributed by atoms with Crippen molar-refractivity contribution >= 4 is 32.9 Å². The Morgan fingerprint density at radius 1 is 0.780 bits per heavy atom. The highest BCUT2D eigenvalue weighted by molar-refractivity contribution is 6.14. The summed E-state index contributed by atoms with van der Waals surface area (Å²) < 4.78 is 7.60. The van der Waals surface area contributed by atoms with Crippen LogP contribution in [0.25, 0.3) is 49.6 Å². The Morgan fingerprint density at radius 3 is 2.17 bits per heavy atom. The molecular weight excluding hydrogens is 512 g/mol. The van der Waals surface area contributed by atoms with Crippen LogP contribution in [0.1, 0.15) is 11.1 Å². The van der Waals surface area contributed by atoms with Crippen molar-refractivity contribution in [3.8, 4) is 28.1 Å². The van der Waals surface area contributed by atoms with Crippen molar-refractivity contribution in [2.75, 3.05) is 7.11 Å². The van der Waals surface area contributed by atoms with Crippen LogP contribution in [0.2, 0.25) is 0 Å². The quantitative estimate of drug-likeness (QED) is 0.123. The van der Waals surface area contributed by atoms with Crippen molar-refractivity contribution in [3.05, 3.63) is 147 Å². The monoisotopic (exact) mass is 536 g/mol. The minimum Gasteiger partial charge on any atom is -0.497 e. The van der Waals surface area contributed by atoms with Crippen LogP contribution in [-0.2, 0) is 6.42 Å². The molecule has 198 valence electrons. The van der Waals surface area contributed by atoms with Gasteiger partial charge in [-0.15, -0.1) is 0 Å². The molecule has 7 rings (SSSR count). The zero-order chi connectivity index (χ0) is 28.1. The molecule has 0 fully saturated rings. The van der Waals surface area contributed by atoms with Crippen LogP contribution in [0.3, 0.4) is 0 Å². The molecule has 0 amide bonds. The fourth-order valence-corrected chi connectivity index (χ4v) is 5.88. The molecule has 0 N–H and O–H groups in total. The summed E-state index contributed by atoms with van der Waals surface area (Å²) in [5.41, 5.74) is 6.78. The molecule has 2 heterocycles. The van der Waals surface area contributed by atoms with E-state index in [-0.39, 0.29) is 11.1 Å². The molecule has 0 atom stereocenters. The lowest BCUT2D eigenvalue weighted by Crippen LogP contribution is -2.10. The van der Waals surface area contributed by atoms with Gasteiger partial charge >= 0.3 is 0 Å². The van der Waals surface area contributed by atoms with Gasteiger partial charge < -0.3 is 9.14 Å². The molecule has 2 aromatic heterocycles. The lowest BCUT2D eigenvalue weighted by Gasteiger charge is -2.12. The molecule has 0 aliphatic rings. The van der Waals surface area contributed by atoms with E-state index in [1.165, 1.54) is 12.1 Å². The number of aromatic nitrogens is 1. The van der Waals surface area contributed by atoms with Crippen molar-refractivity contribution in [3.63, 3.8) is 0 Å². The van der Waals surface area contributed by atoms with E-state index < -0.39 is 4.92 Å². The van der Waals surface area contributed by atoms with Gasteiger partial charge in [0.1, 0.15) is 5.75 Å². The van der Waals surface area contributed by atoms with Crippen LogP contribution in [0.15, 0.2) is 120 Å². The van der Waals surface area contributed by atoms with E-state index in [0.717, 1.165) is 55.5 Å². The van der Waals surface area contributed by atoms with Crippen LogP contribution >= 0.6 is 0 Å². The molecule has 5 aromatic carbocycles. The van der Waals surface area contributed by atoms with E-state index in [0.29, 0.717) is 17.4 Å². The van der Waals surface area contributed by atoms with Crippen molar-refractivity contribution in [1.82, 2.24) is 4.40 Å². The first kappa shape index (κ1) is 24.5. The molecule has 6 heteroatoms. The topological polar surface area (TPSA) is 73.8 Å². The van der Waals surface area contributed by atoms with Crippen molar-refractivity contribution in [2.24, 2.45) is 0 Å². The maximum atomic E-state index is 14.4. The summed E-state index contributed by atoms with van der Waals surface area (Å²) in [6.07, 6.45) is 0.501. The van der Waals surface area contributed by atoms with Crippen LogP contribution in [0.5, 0.6) is 5.75 Å². The third-order valence-electron chi connectivity index (χ3n) is 7.75. The number of non-ortho nitro benzene ring substituents is 1. The zero-order valence-corrected chi connectivity index (χ0v) is 22.2. The second-order valence-corrected chi connectivity index (χ2v) is 10.1. The third kappa shape index (κ3) is 4.00. The number of nitro groups is 1. The highest BCUT2D eigenvalue weighted by Crippen LogP contribution is 2.43. The Labute approximate surface area is 235 Å². The van der Waals surface area contributed by atoms with Crippen LogP contribution in [0.4, 0.5) is 5.69 Å². The highest BCUT2D eigenvalue weighted by atomic mass is 16.6. The Hall–Kier alpha value is -5.49. The van der Waals surface area contributed by atoms with E-state index >= 15 is 0 Å². The molecule has 0 aliphatic carbocycles. The summed E-state index contributed by atoms with van der Waals surface area (Å²) in [5.74, 6) is 0.726. The van der Waals surface area contributed by atoms with E-state index in [4.69, 9.17) is 4.74 Å².